The molecule has 3 nitrogen and oxygen atoms in total. The molecule has 0 radical (unpaired) electrons. The number of rotatable bonds is 2. The third-order valence-corrected chi connectivity index (χ3v) is 2.74. The van der Waals surface area contributed by atoms with Crippen molar-refractivity contribution in [2.24, 2.45) is 5.73 Å². The largest absolute Gasteiger partial charge is 0.377 e. The molecular weight excluding hydrogens is 230 g/mol. The Bertz CT molecular complexity index is 564. The van der Waals surface area contributed by atoms with Crippen molar-refractivity contribution in [3.63, 3.8) is 0 Å². The number of hydrogen-bond acceptors (Lipinski definition) is 2. The number of nitrogens with one attached hydrogen (secondary N) is 1. The lowest BCUT2D eigenvalue weighted by Crippen LogP contribution is -2.19. The van der Waals surface area contributed by atoms with E-state index in [1.54, 1.807) is 0 Å². The van der Waals surface area contributed by atoms with Crippen molar-refractivity contribution in [3.05, 3.63) is 36.4 Å². The molecule has 0 saturated heterocycles. The van der Waals surface area contributed by atoms with Crippen LogP contribution in [-0.4, -0.2) is 19.2 Å². The highest BCUT2D eigenvalue weighted by atomic mass is 32.1. The monoisotopic (exact) mass is 245 g/mol. The third-order valence-electron chi connectivity index (χ3n) is 2.64. The van der Waals surface area contributed by atoms with E-state index in [0.29, 0.717) is 0 Å². The number of anilines is 2. The Balaban J connectivity index is 2.66. The van der Waals surface area contributed by atoms with Gasteiger partial charge in [-0.15, -0.1) is 0 Å². The van der Waals surface area contributed by atoms with Gasteiger partial charge in [0.05, 0.1) is 0 Å². The molecule has 0 atom stereocenters. The lowest BCUT2D eigenvalue weighted by molar-refractivity contribution is 1.14. The molecule has 0 saturated carbocycles. The normalized spacial score (nSPS) is 10.2. The maximum absolute atomic E-state index is 5.52. The second-order valence-electron chi connectivity index (χ2n) is 4.06. The van der Waals surface area contributed by atoms with Gasteiger partial charge in [-0.05, 0) is 24.4 Å². The highest BCUT2D eigenvalue weighted by molar-refractivity contribution is 7.80. The third kappa shape index (κ3) is 2.31. The quantitative estimate of drug-likeness (QED) is 0.798. The summed E-state index contributed by atoms with van der Waals surface area (Å²) in [7, 11) is 4.06. The summed E-state index contributed by atoms with van der Waals surface area (Å²) in [5.74, 6) is 0. The molecule has 0 amide bonds. The molecule has 4 heteroatoms. The first-order valence-electron chi connectivity index (χ1n) is 5.35. The molecule has 0 spiro atoms. The number of nitrogens with two attached hydrogens (primary N) is 1. The Hall–Kier alpha value is -1.81. The molecule has 2 rings (SSSR count). The van der Waals surface area contributed by atoms with Crippen LogP contribution in [0.15, 0.2) is 36.4 Å². The Morgan fingerprint density at radius 3 is 2.35 bits per heavy atom. The minimum Gasteiger partial charge on any atom is -0.377 e. The molecule has 0 aromatic heterocycles. The van der Waals surface area contributed by atoms with Crippen LogP contribution in [0.25, 0.3) is 10.8 Å². The van der Waals surface area contributed by atoms with Crippen LogP contribution >= 0.6 is 12.2 Å². The number of fused-ring (bicyclic) bond motifs is 1. The van der Waals surface area contributed by atoms with Crippen molar-refractivity contribution in [1.29, 1.82) is 0 Å². The SMILES string of the molecule is CN(C)c1ccc(NC(N)=S)c2ccccc12. The van der Waals surface area contributed by atoms with E-state index in [1.165, 1.54) is 11.1 Å². The Labute approximate surface area is 106 Å². The topological polar surface area (TPSA) is 41.3 Å². The Morgan fingerprint density at radius 2 is 1.76 bits per heavy atom. The van der Waals surface area contributed by atoms with Gasteiger partial charge in [0.1, 0.15) is 0 Å². The zero-order chi connectivity index (χ0) is 12.4. The molecule has 2 aromatic rings. The molecule has 0 aliphatic heterocycles. The van der Waals surface area contributed by atoms with E-state index in [9.17, 15) is 0 Å². The number of nitrogens with zero attached hydrogens (tertiary/aromatic N) is 1. The number of benzene rings is 2. The van der Waals surface area contributed by atoms with Crippen LogP contribution in [0, 0.1) is 0 Å². The second kappa shape index (κ2) is 4.59. The van der Waals surface area contributed by atoms with E-state index in [0.717, 1.165) is 11.1 Å². The maximum atomic E-state index is 5.52. The standard InChI is InChI=1S/C13H15N3S/c1-16(2)12-8-7-11(15-13(14)17)9-5-3-4-6-10(9)12/h3-8H,1-2H3,(H3,14,15,17). The lowest BCUT2D eigenvalue weighted by Gasteiger charge is -2.17. The van der Waals surface area contributed by atoms with E-state index in [-0.39, 0.29) is 5.11 Å². The molecule has 0 bridgehead atoms. The Kier molecular flexibility index (Phi) is 3.15. The first kappa shape index (κ1) is 11.7. The van der Waals surface area contributed by atoms with Crippen molar-refractivity contribution in [3.8, 4) is 0 Å². The fourth-order valence-corrected chi connectivity index (χ4v) is 2.02. The molecule has 0 aliphatic carbocycles. The number of hydrogen-bond donors (Lipinski definition) is 2. The summed E-state index contributed by atoms with van der Waals surface area (Å²) in [6.45, 7) is 0. The van der Waals surface area contributed by atoms with Gasteiger partial charge in [0.2, 0.25) is 0 Å². The summed E-state index contributed by atoms with van der Waals surface area (Å²) in [5.41, 5.74) is 7.64. The van der Waals surface area contributed by atoms with E-state index in [1.807, 2.05) is 32.3 Å². The van der Waals surface area contributed by atoms with Gasteiger partial charge in [-0.2, -0.15) is 0 Å². The molecule has 0 unspecified atom stereocenters. The summed E-state index contributed by atoms with van der Waals surface area (Å²) in [5, 5.41) is 5.59. The molecule has 3 N–H and O–H groups in total. The van der Waals surface area contributed by atoms with E-state index < -0.39 is 0 Å². The molecule has 0 fully saturated rings. The van der Waals surface area contributed by atoms with Crippen molar-refractivity contribution < 1.29 is 0 Å². The van der Waals surface area contributed by atoms with Crippen molar-refractivity contribution >= 4 is 39.5 Å². The van der Waals surface area contributed by atoms with E-state index >= 15 is 0 Å². The summed E-state index contributed by atoms with van der Waals surface area (Å²) in [6.07, 6.45) is 0. The molecular formula is C13H15N3S. The van der Waals surface area contributed by atoms with Crippen LogP contribution in [0.1, 0.15) is 0 Å². The van der Waals surface area contributed by atoms with Crippen LogP contribution < -0.4 is 16.0 Å². The molecule has 17 heavy (non-hydrogen) atoms. The zero-order valence-corrected chi connectivity index (χ0v) is 10.7. The number of thiocarbonyl (C=S) groups is 1. The smallest absolute Gasteiger partial charge is 0.168 e. The first-order valence-corrected chi connectivity index (χ1v) is 5.76. The maximum Gasteiger partial charge on any atom is 0.168 e. The predicted octanol–water partition coefficient (Wildman–Crippen LogP) is 2.56. The average molecular weight is 245 g/mol. The summed E-state index contributed by atoms with van der Waals surface area (Å²) in [4.78, 5) is 2.09. The summed E-state index contributed by atoms with van der Waals surface area (Å²) in [6, 6.07) is 12.2. The summed E-state index contributed by atoms with van der Waals surface area (Å²) >= 11 is 4.88. The second-order valence-corrected chi connectivity index (χ2v) is 4.50. The molecule has 2 aromatic carbocycles. The molecule has 88 valence electrons. The van der Waals surface area contributed by atoms with Crippen LogP contribution in [-0.2, 0) is 0 Å². The fourth-order valence-electron chi connectivity index (χ4n) is 1.91. The van der Waals surface area contributed by atoms with Gasteiger partial charge < -0.3 is 16.0 Å². The van der Waals surface area contributed by atoms with Crippen LogP contribution in [0.4, 0.5) is 11.4 Å². The van der Waals surface area contributed by atoms with Gasteiger partial charge in [0.15, 0.2) is 5.11 Å². The fraction of sp³-hybridized carbons (Fsp3) is 0.154. The van der Waals surface area contributed by atoms with E-state index in [4.69, 9.17) is 18.0 Å². The predicted molar refractivity (Wildman–Crippen MR) is 78.7 cm³/mol. The van der Waals surface area contributed by atoms with Crippen molar-refractivity contribution in [1.82, 2.24) is 0 Å². The first-order chi connectivity index (χ1) is 8.09. The van der Waals surface area contributed by atoms with Crippen LogP contribution in [0.3, 0.4) is 0 Å². The minimum atomic E-state index is 0.285. The van der Waals surface area contributed by atoms with Crippen molar-refractivity contribution in [2.45, 2.75) is 0 Å². The lowest BCUT2D eigenvalue weighted by atomic mass is 10.1. The van der Waals surface area contributed by atoms with Crippen LogP contribution in [0.2, 0.25) is 0 Å². The Morgan fingerprint density at radius 1 is 1.12 bits per heavy atom. The average Bonchev–Trinajstić information content (AvgIpc) is 2.28. The van der Waals surface area contributed by atoms with E-state index in [2.05, 4.69) is 28.4 Å². The summed E-state index contributed by atoms with van der Waals surface area (Å²) < 4.78 is 0. The van der Waals surface area contributed by atoms with Gasteiger partial charge in [0, 0.05) is 36.2 Å². The van der Waals surface area contributed by atoms with Crippen molar-refractivity contribution in [2.75, 3.05) is 24.3 Å². The van der Waals surface area contributed by atoms with Gasteiger partial charge in [-0.1, -0.05) is 24.3 Å². The minimum absolute atomic E-state index is 0.285. The highest BCUT2D eigenvalue weighted by Crippen LogP contribution is 2.31. The van der Waals surface area contributed by atoms with Gasteiger partial charge >= 0.3 is 0 Å². The zero-order valence-electron chi connectivity index (χ0n) is 9.90. The van der Waals surface area contributed by atoms with Gasteiger partial charge in [-0.3, -0.25) is 0 Å². The molecule has 0 aliphatic rings. The van der Waals surface area contributed by atoms with Gasteiger partial charge in [0.25, 0.3) is 0 Å². The van der Waals surface area contributed by atoms with Crippen LogP contribution in [0.5, 0.6) is 0 Å². The van der Waals surface area contributed by atoms with Gasteiger partial charge in [-0.25, -0.2) is 0 Å². The molecule has 0 heterocycles. The highest BCUT2D eigenvalue weighted by Gasteiger charge is 2.06.